The van der Waals surface area contributed by atoms with Gasteiger partial charge in [0.25, 0.3) is 5.91 Å². The molecule has 0 saturated heterocycles. The number of aromatic nitrogens is 2. The van der Waals surface area contributed by atoms with Crippen LogP contribution in [-0.2, 0) is 4.79 Å². The number of nitrogens with zero attached hydrogens (tertiary/aromatic N) is 2. The highest BCUT2D eigenvalue weighted by atomic mass is 16.2. The van der Waals surface area contributed by atoms with E-state index in [4.69, 9.17) is 0 Å². The summed E-state index contributed by atoms with van der Waals surface area (Å²) in [4.78, 5) is 25.2. The molecule has 6 nitrogen and oxygen atoms in total. The molecule has 0 aliphatic heterocycles. The molecule has 3 aromatic rings. The average molecular weight is 390 g/mol. The Balaban J connectivity index is 1.71. The summed E-state index contributed by atoms with van der Waals surface area (Å²) in [5, 5.41) is 10.1. The predicted octanol–water partition coefficient (Wildman–Crippen LogP) is 4.57. The minimum Gasteiger partial charge on any atom is -0.324 e. The van der Waals surface area contributed by atoms with Gasteiger partial charge in [-0.15, -0.1) is 0 Å². The summed E-state index contributed by atoms with van der Waals surface area (Å²) in [6.07, 6.45) is 1.64. The van der Waals surface area contributed by atoms with E-state index in [1.54, 1.807) is 19.2 Å². The van der Waals surface area contributed by atoms with E-state index in [2.05, 4.69) is 15.7 Å². The van der Waals surface area contributed by atoms with Crippen molar-refractivity contribution >= 4 is 23.2 Å². The molecular formula is C23H26N4O2. The second kappa shape index (κ2) is 8.31. The van der Waals surface area contributed by atoms with Gasteiger partial charge in [-0.3, -0.25) is 14.3 Å². The van der Waals surface area contributed by atoms with Crippen LogP contribution in [0.3, 0.4) is 0 Å². The topological polar surface area (TPSA) is 76.0 Å². The van der Waals surface area contributed by atoms with Gasteiger partial charge in [-0.05, 0) is 75.1 Å². The quantitative estimate of drug-likeness (QED) is 0.670. The van der Waals surface area contributed by atoms with Gasteiger partial charge in [-0.2, -0.15) is 5.10 Å². The lowest BCUT2D eigenvalue weighted by atomic mass is 10.1. The maximum absolute atomic E-state index is 12.7. The summed E-state index contributed by atoms with van der Waals surface area (Å²) < 4.78 is 1.50. The summed E-state index contributed by atoms with van der Waals surface area (Å²) in [6.45, 7) is 9.59. The SMILES string of the molecule is Cc1ccc(C)c(NC(=O)c2ccn(C(C)C(=O)Nc3cc(C)ccc3C)n2)c1. The molecule has 0 aliphatic carbocycles. The van der Waals surface area contributed by atoms with Crippen LogP contribution in [0.1, 0.15) is 45.7 Å². The molecule has 0 aliphatic rings. The van der Waals surface area contributed by atoms with E-state index in [9.17, 15) is 9.59 Å². The maximum Gasteiger partial charge on any atom is 0.276 e. The lowest BCUT2D eigenvalue weighted by Gasteiger charge is -2.14. The Hall–Kier alpha value is -3.41. The van der Waals surface area contributed by atoms with Gasteiger partial charge in [0.1, 0.15) is 6.04 Å². The third kappa shape index (κ3) is 4.71. The third-order valence-corrected chi connectivity index (χ3v) is 4.91. The molecule has 0 spiro atoms. The van der Waals surface area contributed by atoms with Crippen LogP contribution < -0.4 is 10.6 Å². The molecule has 2 aromatic carbocycles. The van der Waals surface area contributed by atoms with Crippen LogP contribution in [0.5, 0.6) is 0 Å². The Kier molecular flexibility index (Phi) is 5.82. The number of hydrogen-bond acceptors (Lipinski definition) is 3. The van der Waals surface area contributed by atoms with Crippen LogP contribution in [0, 0.1) is 27.7 Å². The molecule has 2 N–H and O–H groups in total. The molecule has 0 bridgehead atoms. The maximum atomic E-state index is 12.7. The Bertz CT molecular complexity index is 1070. The van der Waals surface area contributed by atoms with Gasteiger partial charge < -0.3 is 10.6 Å². The van der Waals surface area contributed by atoms with Gasteiger partial charge in [0, 0.05) is 17.6 Å². The molecule has 0 saturated carbocycles. The van der Waals surface area contributed by atoms with Crippen LogP contribution in [0.2, 0.25) is 0 Å². The number of carbonyl (C=O) groups is 2. The van der Waals surface area contributed by atoms with E-state index in [-0.39, 0.29) is 17.5 Å². The van der Waals surface area contributed by atoms with Crippen molar-refractivity contribution in [1.29, 1.82) is 0 Å². The molecule has 0 fully saturated rings. The van der Waals surface area contributed by atoms with E-state index in [1.165, 1.54) is 4.68 Å². The van der Waals surface area contributed by atoms with Gasteiger partial charge in [0.2, 0.25) is 5.91 Å². The first kappa shape index (κ1) is 20.3. The zero-order valence-electron chi connectivity index (χ0n) is 17.4. The van der Waals surface area contributed by atoms with Gasteiger partial charge >= 0.3 is 0 Å². The van der Waals surface area contributed by atoms with Crippen LogP contribution in [0.15, 0.2) is 48.7 Å². The molecule has 1 atom stereocenters. The number of benzene rings is 2. The Morgan fingerprint density at radius 2 is 1.41 bits per heavy atom. The number of anilines is 2. The summed E-state index contributed by atoms with van der Waals surface area (Å²) in [6, 6.07) is 12.8. The Morgan fingerprint density at radius 3 is 2.00 bits per heavy atom. The fourth-order valence-corrected chi connectivity index (χ4v) is 2.96. The van der Waals surface area contributed by atoms with E-state index in [0.717, 1.165) is 33.6 Å². The second-order valence-electron chi connectivity index (χ2n) is 7.44. The van der Waals surface area contributed by atoms with Gasteiger partial charge in [0.05, 0.1) is 0 Å². The van der Waals surface area contributed by atoms with E-state index >= 15 is 0 Å². The second-order valence-corrected chi connectivity index (χ2v) is 7.44. The molecule has 150 valence electrons. The predicted molar refractivity (Wildman–Crippen MR) is 115 cm³/mol. The summed E-state index contributed by atoms with van der Waals surface area (Å²) in [7, 11) is 0. The minimum atomic E-state index is -0.558. The molecule has 1 aromatic heterocycles. The van der Waals surface area contributed by atoms with Crippen LogP contribution in [0.4, 0.5) is 11.4 Å². The van der Waals surface area contributed by atoms with E-state index in [0.29, 0.717) is 0 Å². The van der Waals surface area contributed by atoms with Crippen molar-refractivity contribution in [2.75, 3.05) is 10.6 Å². The average Bonchev–Trinajstić information content (AvgIpc) is 3.17. The normalized spacial score (nSPS) is 11.8. The van der Waals surface area contributed by atoms with Crippen molar-refractivity contribution in [3.8, 4) is 0 Å². The molecule has 6 heteroatoms. The van der Waals surface area contributed by atoms with Crippen molar-refractivity contribution in [3.05, 3.63) is 76.6 Å². The number of nitrogens with one attached hydrogen (secondary N) is 2. The minimum absolute atomic E-state index is 0.191. The number of hydrogen-bond donors (Lipinski definition) is 2. The molecule has 1 unspecified atom stereocenters. The van der Waals surface area contributed by atoms with E-state index < -0.39 is 6.04 Å². The first-order valence-electron chi connectivity index (χ1n) is 9.56. The zero-order valence-corrected chi connectivity index (χ0v) is 17.4. The number of rotatable bonds is 5. The highest BCUT2D eigenvalue weighted by molar-refractivity contribution is 6.03. The van der Waals surface area contributed by atoms with Gasteiger partial charge in [0.15, 0.2) is 5.69 Å². The van der Waals surface area contributed by atoms with Gasteiger partial charge in [-0.1, -0.05) is 24.3 Å². The zero-order chi connectivity index (χ0) is 21.1. The fourth-order valence-electron chi connectivity index (χ4n) is 2.96. The van der Waals surface area contributed by atoms with Crippen LogP contribution in [-0.4, -0.2) is 21.6 Å². The monoisotopic (exact) mass is 390 g/mol. The smallest absolute Gasteiger partial charge is 0.276 e. The van der Waals surface area contributed by atoms with Crippen molar-refractivity contribution < 1.29 is 9.59 Å². The number of amides is 2. The van der Waals surface area contributed by atoms with Crippen LogP contribution in [0.25, 0.3) is 0 Å². The standard InChI is InChI=1S/C23H26N4O2/c1-14-6-8-16(3)20(12-14)24-22(28)18(5)27-11-10-19(26-27)23(29)25-21-13-15(2)7-9-17(21)4/h6-13,18H,1-5H3,(H,24,28)(H,25,29). The Labute approximate surface area is 170 Å². The summed E-state index contributed by atoms with van der Waals surface area (Å²) in [5.74, 6) is -0.497. The lowest BCUT2D eigenvalue weighted by molar-refractivity contribution is -0.119. The highest BCUT2D eigenvalue weighted by Gasteiger charge is 2.19. The molecule has 3 rings (SSSR count). The molecular weight excluding hydrogens is 364 g/mol. The number of carbonyl (C=O) groups excluding carboxylic acids is 2. The summed E-state index contributed by atoms with van der Waals surface area (Å²) >= 11 is 0. The molecule has 0 radical (unpaired) electrons. The molecule has 29 heavy (non-hydrogen) atoms. The van der Waals surface area contributed by atoms with Crippen molar-refractivity contribution in [2.45, 2.75) is 40.7 Å². The largest absolute Gasteiger partial charge is 0.324 e. The highest BCUT2D eigenvalue weighted by Crippen LogP contribution is 2.19. The Morgan fingerprint density at radius 1 is 0.862 bits per heavy atom. The third-order valence-electron chi connectivity index (χ3n) is 4.91. The van der Waals surface area contributed by atoms with Crippen molar-refractivity contribution in [3.63, 3.8) is 0 Å². The van der Waals surface area contributed by atoms with Gasteiger partial charge in [-0.25, -0.2) is 0 Å². The summed E-state index contributed by atoms with van der Waals surface area (Å²) in [5.41, 5.74) is 5.90. The fraction of sp³-hybridized carbons (Fsp3) is 0.261. The van der Waals surface area contributed by atoms with Crippen molar-refractivity contribution in [2.24, 2.45) is 0 Å². The molecule has 1 heterocycles. The lowest BCUT2D eigenvalue weighted by Crippen LogP contribution is -2.25. The van der Waals surface area contributed by atoms with E-state index in [1.807, 2.05) is 64.1 Å². The first-order valence-corrected chi connectivity index (χ1v) is 9.56. The molecule has 2 amide bonds. The van der Waals surface area contributed by atoms with Crippen molar-refractivity contribution in [1.82, 2.24) is 9.78 Å². The first-order chi connectivity index (χ1) is 13.7. The number of aryl methyl sites for hydroxylation is 4. The van der Waals surface area contributed by atoms with Crippen LogP contribution >= 0.6 is 0 Å².